The third-order valence-electron chi connectivity index (χ3n) is 6.36. The lowest BCUT2D eigenvalue weighted by Crippen LogP contribution is -2.51. The molecule has 5 heteroatoms. The Labute approximate surface area is 162 Å². The fourth-order valence-electron chi connectivity index (χ4n) is 4.98. The van der Waals surface area contributed by atoms with E-state index >= 15 is 0 Å². The third-order valence-corrected chi connectivity index (χ3v) is 6.36. The number of benzene rings is 1. The monoisotopic (exact) mass is 372 g/mol. The molecule has 3 aliphatic rings. The highest BCUT2D eigenvalue weighted by Gasteiger charge is 2.32. The van der Waals surface area contributed by atoms with Gasteiger partial charge in [0.2, 0.25) is 5.91 Å². The molecule has 2 fully saturated rings. The quantitative estimate of drug-likeness (QED) is 0.886. The molecule has 1 aromatic carbocycles. The molecule has 2 heterocycles. The number of morpholine rings is 1. The van der Waals surface area contributed by atoms with E-state index in [0.29, 0.717) is 24.7 Å². The van der Waals surface area contributed by atoms with Crippen molar-refractivity contribution < 1.29 is 14.6 Å². The van der Waals surface area contributed by atoms with E-state index in [1.807, 2.05) is 24.8 Å². The molecule has 1 amide bonds. The highest BCUT2D eigenvalue weighted by atomic mass is 16.5. The standard InChI is InChI=1S/C22H32N2O3/c1-15-12-24(13-16(2)27-15)22(26)17-6-8-23(9-7-17)14-20-10-18-4-3-5-19(18)11-21(20)25/h10-11,15-17,25H,3-9,12-14H2,1-2H3/t15-,16-/m1/s1. The van der Waals surface area contributed by atoms with Gasteiger partial charge in [0.15, 0.2) is 0 Å². The van der Waals surface area contributed by atoms with E-state index in [1.54, 1.807) is 0 Å². The number of phenolic OH excluding ortho intramolecular Hbond substituents is 1. The van der Waals surface area contributed by atoms with Gasteiger partial charge in [-0.15, -0.1) is 0 Å². The summed E-state index contributed by atoms with van der Waals surface area (Å²) in [5.41, 5.74) is 3.76. The first-order chi connectivity index (χ1) is 13.0. The summed E-state index contributed by atoms with van der Waals surface area (Å²) >= 11 is 0. The van der Waals surface area contributed by atoms with Gasteiger partial charge in [-0.3, -0.25) is 9.69 Å². The van der Waals surface area contributed by atoms with Crippen molar-refractivity contribution >= 4 is 5.91 Å². The van der Waals surface area contributed by atoms with E-state index in [0.717, 1.165) is 50.9 Å². The van der Waals surface area contributed by atoms with E-state index in [1.165, 1.54) is 17.5 Å². The Morgan fingerprint density at radius 1 is 1.11 bits per heavy atom. The van der Waals surface area contributed by atoms with Gasteiger partial charge >= 0.3 is 0 Å². The van der Waals surface area contributed by atoms with Crippen LogP contribution in [0.3, 0.4) is 0 Å². The van der Waals surface area contributed by atoms with E-state index in [4.69, 9.17) is 4.74 Å². The Morgan fingerprint density at radius 3 is 2.41 bits per heavy atom. The zero-order valence-electron chi connectivity index (χ0n) is 16.6. The molecule has 0 unspecified atom stereocenters. The summed E-state index contributed by atoms with van der Waals surface area (Å²) in [6.07, 6.45) is 5.49. The van der Waals surface area contributed by atoms with Crippen LogP contribution in [0.1, 0.15) is 49.8 Å². The molecule has 0 spiro atoms. The van der Waals surface area contributed by atoms with Crippen LogP contribution >= 0.6 is 0 Å². The lowest BCUT2D eigenvalue weighted by atomic mass is 9.94. The number of nitrogens with zero attached hydrogens (tertiary/aromatic N) is 2. The molecule has 148 valence electrons. The van der Waals surface area contributed by atoms with Gasteiger partial charge in [0.25, 0.3) is 0 Å². The molecule has 1 aliphatic carbocycles. The summed E-state index contributed by atoms with van der Waals surface area (Å²) in [5, 5.41) is 10.4. The van der Waals surface area contributed by atoms with Crippen molar-refractivity contribution in [1.82, 2.24) is 9.80 Å². The molecular formula is C22H32N2O3. The number of hydrogen-bond acceptors (Lipinski definition) is 4. The van der Waals surface area contributed by atoms with E-state index in [2.05, 4.69) is 11.0 Å². The molecule has 0 aromatic heterocycles. The number of carbonyl (C=O) groups excluding carboxylic acids is 1. The second-order valence-corrected chi connectivity index (χ2v) is 8.65. The van der Waals surface area contributed by atoms with E-state index < -0.39 is 0 Å². The molecule has 2 atom stereocenters. The van der Waals surface area contributed by atoms with Crippen LogP contribution in [0.15, 0.2) is 12.1 Å². The normalized spacial score (nSPS) is 27.0. The minimum absolute atomic E-state index is 0.126. The van der Waals surface area contributed by atoms with Crippen molar-refractivity contribution in [2.75, 3.05) is 26.2 Å². The average Bonchev–Trinajstić information content (AvgIpc) is 3.08. The minimum atomic E-state index is 0.126. The smallest absolute Gasteiger partial charge is 0.225 e. The average molecular weight is 373 g/mol. The first-order valence-electron chi connectivity index (χ1n) is 10.5. The first kappa shape index (κ1) is 18.8. The lowest BCUT2D eigenvalue weighted by molar-refractivity contribution is -0.148. The zero-order chi connectivity index (χ0) is 19.0. The number of piperidine rings is 1. The maximum atomic E-state index is 12.9. The van der Waals surface area contributed by atoms with Crippen molar-refractivity contribution in [2.24, 2.45) is 5.92 Å². The predicted molar refractivity (Wildman–Crippen MR) is 105 cm³/mol. The largest absolute Gasteiger partial charge is 0.508 e. The van der Waals surface area contributed by atoms with Gasteiger partial charge in [-0.25, -0.2) is 0 Å². The molecule has 5 nitrogen and oxygen atoms in total. The summed E-state index contributed by atoms with van der Waals surface area (Å²) in [6, 6.07) is 4.17. The number of likely N-dealkylation sites (tertiary alicyclic amines) is 1. The summed E-state index contributed by atoms with van der Waals surface area (Å²) in [6.45, 7) is 8.14. The Morgan fingerprint density at radius 2 is 1.74 bits per heavy atom. The van der Waals surface area contributed by atoms with Crippen molar-refractivity contribution in [1.29, 1.82) is 0 Å². The van der Waals surface area contributed by atoms with Gasteiger partial charge in [0.05, 0.1) is 12.2 Å². The van der Waals surface area contributed by atoms with E-state index in [9.17, 15) is 9.90 Å². The number of aryl methyl sites for hydroxylation is 2. The number of rotatable bonds is 3. The second-order valence-electron chi connectivity index (χ2n) is 8.65. The van der Waals surface area contributed by atoms with Crippen LogP contribution < -0.4 is 0 Å². The highest BCUT2D eigenvalue weighted by molar-refractivity contribution is 5.79. The lowest BCUT2D eigenvalue weighted by Gasteiger charge is -2.39. The highest BCUT2D eigenvalue weighted by Crippen LogP contribution is 2.31. The van der Waals surface area contributed by atoms with Crippen molar-refractivity contribution in [3.8, 4) is 5.75 Å². The number of aromatic hydroxyl groups is 1. The SMILES string of the molecule is C[C@@H]1CN(C(=O)C2CCN(Cc3cc4c(cc3O)CCC4)CC2)C[C@@H](C)O1. The molecule has 2 aliphatic heterocycles. The summed E-state index contributed by atoms with van der Waals surface area (Å²) in [5.74, 6) is 0.870. The van der Waals surface area contributed by atoms with Crippen molar-refractivity contribution in [3.63, 3.8) is 0 Å². The van der Waals surface area contributed by atoms with Crippen molar-refractivity contribution in [2.45, 2.75) is 64.7 Å². The second kappa shape index (κ2) is 7.80. The van der Waals surface area contributed by atoms with E-state index in [-0.39, 0.29) is 18.1 Å². The molecule has 0 saturated carbocycles. The molecule has 4 rings (SSSR count). The summed E-state index contributed by atoms with van der Waals surface area (Å²) in [7, 11) is 0. The van der Waals surface area contributed by atoms with Crippen LogP contribution in [0, 0.1) is 5.92 Å². The molecule has 27 heavy (non-hydrogen) atoms. The van der Waals surface area contributed by atoms with Gasteiger partial charge in [0.1, 0.15) is 5.75 Å². The van der Waals surface area contributed by atoms with Gasteiger partial charge < -0.3 is 14.7 Å². The van der Waals surface area contributed by atoms with Gasteiger partial charge in [-0.1, -0.05) is 6.07 Å². The Kier molecular flexibility index (Phi) is 5.42. The maximum absolute atomic E-state index is 12.9. The number of carbonyl (C=O) groups is 1. The molecular weight excluding hydrogens is 340 g/mol. The third kappa shape index (κ3) is 4.14. The molecule has 1 N–H and O–H groups in total. The van der Waals surface area contributed by atoms with Crippen molar-refractivity contribution in [3.05, 3.63) is 28.8 Å². The fourth-order valence-corrected chi connectivity index (χ4v) is 4.98. The summed E-state index contributed by atoms with van der Waals surface area (Å²) in [4.78, 5) is 17.3. The number of phenols is 1. The molecule has 0 radical (unpaired) electrons. The summed E-state index contributed by atoms with van der Waals surface area (Å²) < 4.78 is 5.75. The molecule has 0 bridgehead atoms. The topological polar surface area (TPSA) is 53.0 Å². The molecule has 2 saturated heterocycles. The zero-order valence-corrected chi connectivity index (χ0v) is 16.6. The number of hydrogen-bond donors (Lipinski definition) is 1. The van der Waals surface area contributed by atoms with Gasteiger partial charge in [-0.2, -0.15) is 0 Å². The van der Waals surface area contributed by atoms with Crippen LogP contribution in [0.4, 0.5) is 0 Å². The molecule has 1 aromatic rings. The number of fused-ring (bicyclic) bond motifs is 1. The van der Waals surface area contributed by atoms with Gasteiger partial charge in [-0.05, 0) is 76.2 Å². The van der Waals surface area contributed by atoms with Crippen LogP contribution in [-0.4, -0.2) is 59.2 Å². The number of amides is 1. The predicted octanol–water partition coefficient (Wildman–Crippen LogP) is 2.73. The van der Waals surface area contributed by atoms with Crippen LogP contribution in [0.25, 0.3) is 0 Å². The van der Waals surface area contributed by atoms with Crippen LogP contribution in [-0.2, 0) is 28.9 Å². The Balaban J connectivity index is 1.32. The minimum Gasteiger partial charge on any atom is -0.508 e. The maximum Gasteiger partial charge on any atom is 0.225 e. The Hall–Kier alpha value is -1.59. The fraction of sp³-hybridized carbons (Fsp3) is 0.682. The Bertz CT molecular complexity index is 687. The number of ether oxygens (including phenoxy) is 1. The van der Waals surface area contributed by atoms with Crippen LogP contribution in [0.2, 0.25) is 0 Å². The first-order valence-corrected chi connectivity index (χ1v) is 10.5. The van der Waals surface area contributed by atoms with Crippen LogP contribution in [0.5, 0.6) is 5.75 Å². The van der Waals surface area contributed by atoms with Gasteiger partial charge in [0, 0.05) is 31.1 Å².